The van der Waals surface area contributed by atoms with Gasteiger partial charge < -0.3 is 0 Å². The lowest BCUT2D eigenvalue weighted by Crippen LogP contribution is -1.69. The maximum absolute atomic E-state index is 3.62. The first-order valence-corrected chi connectivity index (χ1v) is 3.95. The van der Waals surface area contributed by atoms with Gasteiger partial charge in [0.05, 0.1) is 0 Å². The summed E-state index contributed by atoms with van der Waals surface area (Å²) in [4.78, 5) is 0. The zero-order valence-corrected chi connectivity index (χ0v) is 7.41. The molecule has 1 fully saturated rings. The second kappa shape index (κ2) is 5.28. The van der Waals surface area contributed by atoms with E-state index in [1.54, 1.807) is 0 Å². The van der Waals surface area contributed by atoms with Crippen LogP contribution < -0.4 is 0 Å². The molecule has 1 rings (SSSR count). The van der Waals surface area contributed by atoms with Crippen molar-refractivity contribution in [1.82, 2.24) is 0 Å². The van der Waals surface area contributed by atoms with E-state index in [1.807, 2.05) is 6.08 Å². The van der Waals surface area contributed by atoms with Gasteiger partial charge in [0, 0.05) is 0 Å². The Balaban J connectivity index is 0.000000219. The molecule has 0 bridgehead atoms. The van der Waals surface area contributed by atoms with Gasteiger partial charge in [-0.05, 0) is 20.8 Å². The summed E-state index contributed by atoms with van der Waals surface area (Å²) in [5, 5.41) is 0. The van der Waals surface area contributed by atoms with Crippen molar-refractivity contribution in [3.63, 3.8) is 0 Å². The molecule has 58 valence electrons. The summed E-state index contributed by atoms with van der Waals surface area (Å²) in [6.45, 7) is 9.84. The highest BCUT2D eigenvalue weighted by Crippen LogP contribution is 2.14. The second-order valence-corrected chi connectivity index (χ2v) is 2.95. The molecule has 1 saturated carbocycles. The summed E-state index contributed by atoms with van der Waals surface area (Å²) < 4.78 is 0. The van der Waals surface area contributed by atoms with Crippen LogP contribution in [0.2, 0.25) is 0 Å². The van der Waals surface area contributed by atoms with E-state index in [-0.39, 0.29) is 0 Å². The average molecular weight is 138 g/mol. The molecule has 0 radical (unpaired) electrons. The lowest BCUT2D eigenvalue weighted by molar-refractivity contribution is 1.30. The van der Waals surface area contributed by atoms with E-state index in [0.29, 0.717) is 0 Å². The molecule has 1 aliphatic carbocycles. The highest BCUT2D eigenvalue weighted by Gasteiger charge is 1.95. The molecule has 0 aromatic carbocycles. The number of rotatable bonds is 1. The molecule has 0 N–H and O–H groups in total. The van der Waals surface area contributed by atoms with Gasteiger partial charge in [-0.25, -0.2) is 0 Å². The van der Waals surface area contributed by atoms with Gasteiger partial charge in [0.2, 0.25) is 0 Å². The normalized spacial score (nSPS) is 12.7. The zero-order valence-electron chi connectivity index (χ0n) is 7.41. The summed E-state index contributed by atoms with van der Waals surface area (Å²) in [6, 6.07) is 0. The smallest absolute Gasteiger partial charge is 0.0399 e. The third kappa shape index (κ3) is 7.48. The molecule has 0 heteroatoms. The number of allylic oxidation sites excluding steroid dienone is 3. The number of hydrogen-bond acceptors (Lipinski definition) is 0. The second-order valence-electron chi connectivity index (χ2n) is 2.95. The maximum atomic E-state index is 3.62. The van der Waals surface area contributed by atoms with E-state index in [2.05, 4.69) is 27.4 Å². The van der Waals surface area contributed by atoms with Crippen molar-refractivity contribution in [3.8, 4) is 0 Å². The summed E-state index contributed by atoms with van der Waals surface area (Å²) in [5.41, 5.74) is 2.62. The van der Waals surface area contributed by atoms with Crippen LogP contribution in [0.25, 0.3) is 0 Å². The molecule has 1 aliphatic rings. The molecule has 0 aromatic rings. The van der Waals surface area contributed by atoms with Crippen molar-refractivity contribution < 1.29 is 0 Å². The quantitative estimate of drug-likeness (QED) is 0.485. The predicted octanol–water partition coefficient (Wildman–Crippen LogP) is 3.70. The van der Waals surface area contributed by atoms with E-state index in [9.17, 15) is 0 Å². The van der Waals surface area contributed by atoms with Crippen LogP contribution in [-0.2, 0) is 0 Å². The van der Waals surface area contributed by atoms with Crippen LogP contribution >= 0.6 is 0 Å². The first kappa shape index (κ1) is 9.48. The summed E-state index contributed by atoms with van der Waals surface area (Å²) in [6.07, 6.45) is 6.37. The van der Waals surface area contributed by atoms with Crippen molar-refractivity contribution in [2.24, 2.45) is 0 Å². The fourth-order valence-electron chi connectivity index (χ4n) is 0.204. The topological polar surface area (TPSA) is 0 Å². The first-order valence-electron chi connectivity index (χ1n) is 3.95. The molecule has 0 amide bonds. The van der Waals surface area contributed by atoms with Gasteiger partial charge in [0.25, 0.3) is 0 Å². The van der Waals surface area contributed by atoms with Crippen LogP contribution in [0.4, 0.5) is 0 Å². The lowest BCUT2D eigenvalue weighted by atomic mass is 10.2. The Morgan fingerprint density at radius 2 is 1.50 bits per heavy atom. The predicted molar refractivity (Wildman–Crippen MR) is 48.1 cm³/mol. The van der Waals surface area contributed by atoms with Crippen molar-refractivity contribution in [3.05, 3.63) is 23.8 Å². The van der Waals surface area contributed by atoms with E-state index < -0.39 is 0 Å². The first-order chi connectivity index (χ1) is 4.68. The number of hydrogen-bond donors (Lipinski definition) is 0. The van der Waals surface area contributed by atoms with Gasteiger partial charge in [-0.3, -0.25) is 0 Å². The SMILES string of the molecule is C1CC1.C=CC(C)=C(C)C. The molecule has 0 nitrogen and oxygen atoms in total. The molecule has 0 unspecified atom stereocenters. The zero-order chi connectivity index (χ0) is 7.98. The van der Waals surface area contributed by atoms with Gasteiger partial charge in [-0.2, -0.15) is 0 Å². The standard InChI is InChI=1S/C7H12.C3H6/c1-5-7(4)6(2)3;1-2-3-1/h5H,1H2,2-4H3;1-3H2. The van der Waals surface area contributed by atoms with Gasteiger partial charge in [-0.15, -0.1) is 0 Å². The van der Waals surface area contributed by atoms with Gasteiger partial charge in [0.1, 0.15) is 0 Å². The molecular weight excluding hydrogens is 120 g/mol. The Hall–Kier alpha value is -0.520. The molecule has 0 aromatic heterocycles. The molecular formula is C10H18. The Morgan fingerprint density at radius 1 is 1.10 bits per heavy atom. The third-order valence-electron chi connectivity index (χ3n) is 1.45. The van der Waals surface area contributed by atoms with E-state index in [0.717, 1.165) is 0 Å². The van der Waals surface area contributed by atoms with Crippen LogP contribution in [0.3, 0.4) is 0 Å². The van der Waals surface area contributed by atoms with E-state index in [4.69, 9.17) is 0 Å². The minimum atomic E-state index is 1.28. The van der Waals surface area contributed by atoms with Crippen molar-refractivity contribution >= 4 is 0 Å². The van der Waals surface area contributed by atoms with E-state index in [1.165, 1.54) is 30.4 Å². The Bertz CT molecular complexity index is 120. The van der Waals surface area contributed by atoms with Crippen molar-refractivity contribution in [1.29, 1.82) is 0 Å². The summed E-state index contributed by atoms with van der Waals surface area (Å²) in [7, 11) is 0. The van der Waals surface area contributed by atoms with Crippen LogP contribution in [0.5, 0.6) is 0 Å². The largest absolute Gasteiger partial charge is 0.0988 e. The lowest BCUT2D eigenvalue weighted by Gasteiger charge is -1.90. The maximum Gasteiger partial charge on any atom is -0.0399 e. The Labute approximate surface area is 64.6 Å². The molecule has 0 aliphatic heterocycles. The summed E-state index contributed by atoms with van der Waals surface area (Å²) in [5.74, 6) is 0. The van der Waals surface area contributed by atoms with Crippen molar-refractivity contribution in [2.75, 3.05) is 0 Å². The van der Waals surface area contributed by atoms with Crippen LogP contribution in [0.15, 0.2) is 23.8 Å². The molecule has 0 spiro atoms. The highest BCUT2D eigenvalue weighted by atomic mass is 14.0. The van der Waals surface area contributed by atoms with Crippen molar-refractivity contribution in [2.45, 2.75) is 40.0 Å². The Kier molecular flexibility index (Phi) is 5.00. The molecule has 0 atom stereocenters. The fourth-order valence-corrected chi connectivity index (χ4v) is 0.204. The van der Waals surface area contributed by atoms with Crippen LogP contribution in [0.1, 0.15) is 40.0 Å². The molecule has 10 heavy (non-hydrogen) atoms. The molecule has 0 heterocycles. The molecule has 0 saturated heterocycles. The minimum Gasteiger partial charge on any atom is -0.0988 e. The highest BCUT2D eigenvalue weighted by molar-refractivity contribution is 5.18. The van der Waals surface area contributed by atoms with Crippen LogP contribution in [-0.4, -0.2) is 0 Å². The average Bonchev–Trinajstić information content (AvgIpc) is 2.70. The summed E-state index contributed by atoms with van der Waals surface area (Å²) >= 11 is 0. The van der Waals surface area contributed by atoms with Gasteiger partial charge in [0.15, 0.2) is 0 Å². The fraction of sp³-hybridized carbons (Fsp3) is 0.600. The third-order valence-corrected chi connectivity index (χ3v) is 1.45. The van der Waals surface area contributed by atoms with Gasteiger partial charge in [-0.1, -0.05) is 43.1 Å². The van der Waals surface area contributed by atoms with Gasteiger partial charge >= 0.3 is 0 Å². The monoisotopic (exact) mass is 138 g/mol. The van der Waals surface area contributed by atoms with Crippen LogP contribution in [0, 0.1) is 0 Å². The van der Waals surface area contributed by atoms with E-state index >= 15 is 0 Å². The minimum absolute atomic E-state index is 1.28. The Morgan fingerprint density at radius 3 is 1.50 bits per heavy atom.